The fraction of sp³-hybridized carbons (Fsp3) is 0.227. The zero-order chi connectivity index (χ0) is 21.4. The second-order valence-corrected chi connectivity index (χ2v) is 7.89. The van der Waals surface area contributed by atoms with Crippen molar-refractivity contribution >= 4 is 33.4 Å². The number of nitrogens with zero attached hydrogens (tertiary/aromatic N) is 2. The second-order valence-electron chi connectivity index (χ2n) is 6.97. The van der Waals surface area contributed by atoms with Gasteiger partial charge in [0.1, 0.15) is 17.3 Å². The number of aryl methyl sites for hydroxylation is 1. The van der Waals surface area contributed by atoms with Crippen molar-refractivity contribution < 1.29 is 19.1 Å². The van der Waals surface area contributed by atoms with Gasteiger partial charge in [-0.25, -0.2) is 4.68 Å². The van der Waals surface area contributed by atoms with Crippen LogP contribution in [-0.2, 0) is 4.79 Å². The molecule has 3 aromatic rings. The van der Waals surface area contributed by atoms with Gasteiger partial charge in [-0.2, -0.15) is 5.10 Å². The highest BCUT2D eigenvalue weighted by Crippen LogP contribution is 2.40. The standard InChI is InChI=1S/C22H20BrN3O4/c1-12-20-17(21(28)16-10-15(29-2)8-9-18(16)30-3)11-19(27)24-22(20)26(25-12)14-6-4-13(23)5-7-14/h4-10,17H,11H2,1-3H3,(H,24,27)/t17-/m1/s1. The first-order valence-corrected chi connectivity index (χ1v) is 10.1. The number of hydrogen-bond donors (Lipinski definition) is 1. The van der Waals surface area contributed by atoms with Crippen LogP contribution in [0.15, 0.2) is 46.9 Å². The molecule has 30 heavy (non-hydrogen) atoms. The van der Waals surface area contributed by atoms with Crippen LogP contribution in [0.25, 0.3) is 5.69 Å². The van der Waals surface area contributed by atoms with E-state index in [4.69, 9.17) is 9.47 Å². The van der Waals surface area contributed by atoms with E-state index in [1.165, 1.54) is 14.2 Å². The molecular formula is C22H20BrN3O4. The molecule has 0 fully saturated rings. The van der Waals surface area contributed by atoms with Crippen molar-refractivity contribution in [3.63, 3.8) is 0 Å². The van der Waals surface area contributed by atoms with E-state index >= 15 is 0 Å². The Hall–Kier alpha value is -3.13. The predicted octanol–water partition coefficient (Wildman–Crippen LogP) is 4.27. The Kier molecular flexibility index (Phi) is 5.34. The number of carbonyl (C=O) groups excluding carboxylic acids is 2. The minimum atomic E-state index is -0.668. The molecule has 0 aliphatic carbocycles. The van der Waals surface area contributed by atoms with Crippen LogP contribution in [0.1, 0.15) is 34.0 Å². The van der Waals surface area contributed by atoms with E-state index in [1.807, 2.05) is 31.2 Å². The molecule has 1 N–H and O–H groups in total. The first kappa shape index (κ1) is 20.2. The third-order valence-electron chi connectivity index (χ3n) is 5.16. The fourth-order valence-corrected chi connectivity index (χ4v) is 4.00. The number of anilines is 1. The maximum absolute atomic E-state index is 13.5. The van der Waals surface area contributed by atoms with Crippen molar-refractivity contribution in [1.82, 2.24) is 9.78 Å². The second kappa shape index (κ2) is 7.95. The minimum Gasteiger partial charge on any atom is -0.497 e. The number of aromatic nitrogens is 2. The summed E-state index contributed by atoms with van der Waals surface area (Å²) in [5, 5.41) is 7.50. The Morgan fingerprint density at radius 3 is 2.57 bits per heavy atom. The third kappa shape index (κ3) is 3.47. The topological polar surface area (TPSA) is 82.4 Å². The van der Waals surface area contributed by atoms with Gasteiger partial charge in [-0.1, -0.05) is 15.9 Å². The molecule has 1 aliphatic rings. The van der Waals surface area contributed by atoms with Crippen LogP contribution in [0.5, 0.6) is 11.5 Å². The van der Waals surface area contributed by atoms with Crippen LogP contribution in [0.4, 0.5) is 5.82 Å². The molecule has 1 amide bonds. The average molecular weight is 470 g/mol. The van der Waals surface area contributed by atoms with Gasteiger partial charge >= 0.3 is 0 Å². The van der Waals surface area contributed by atoms with E-state index in [1.54, 1.807) is 22.9 Å². The molecule has 2 aromatic carbocycles. The molecule has 2 heterocycles. The summed E-state index contributed by atoms with van der Waals surface area (Å²) < 4.78 is 13.3. The first-order valence-electron chi connectivity index (χ1n) is 9.34. The van der Waals surface area contributed by atoms with Gasteiger partial charge in [0.15, 0.2) is 5.78 Å². The van der Waals surface area contributed by atoms with Crippen LogP contribution in [0.3, 0.4) is 0 Å². The molecule has 1 aliphatic heterocycles. The number of ketones is 1. The lowest BCUT2D eigenvalue weighted by Gasteiger charge is -2.24. The normalized spacial score (nSPS) is 15.3. The van der Waals surface area contributed by atoms with Gasteiger partial charge < -0.3 is 14.8 Å². The molecule has 0 bridgehead atoms. The molecule has 0 saturated carbocycles. The fourth-order valence-electron chi connectivity index (χ4n) is 3.73. The molecule has 154 valence electrons. The highest BCUT2D eigenvalue weighted by atomic mass is 79.9. The summed E-state index contributed by atoms with van der Waals surface area (Å²) in [7, 11) is 3.04. The van der Waals surface area contributed by atoms with Crippen LogP contribution in [0, 0.1) is 6.92 Å². The van der Waals surface area contributed by atoms with Crippen LogP contribution in [0.2, 0.25) is 0 Å². The van der Waals surface area contributed by atoms with Crippen molar-refractivity contribution in [2.45, 2.75) is 19.3 Å². The number of halogens is 1. The number of nitrogens with one attached hydrogen (secondary N) is 1. The number of ether oxygens (including phenoxy) is 2. The molecule has 0 unspecified atom stereocenters. The molecule has 8 heteroatoms. The number of amides is 1. The number of hydrogen-bond acceptors (Lipinski definition) is 5. The Balaban J connectivity index is 1.82. The molecule has 1 aromatic heterocycles. The Morgan fingerprint density at radius 2 is 1.90 bits per heavy atom. The maximum atomic E-state index is 13.5. The third-order valence-corrected chi connectivity index (χ3v) is 5.69. The molecular weight excluding hydrogens is 450 g/mol. The van der Waals surface area contributed by atoms with Gasteiger partial charge in [-0.3, -0.25) is 9.59 Å². The van der Waals surface area contributed by atoms with Crippen molar-refractivity contribution in [2.24, 2.45) is 0 Å². The molecule has 0 radical (unpaired) electrons. The van der Waals surface area contributed by atoms with Gasteiger partial charge in [0, 0.05) is 16.5 Å². The number of methoxy groups -OCH3 is 2. The van der Waals surface area contributed by atoms with E-state index in [9.17, 15) is 9.59 Å². The molecule has 0 spiro atoms. The van der Waals surface area contributed by atoms with Crippen molar-refractivity contribution in [3.05, 3.63) is 63.8 Å². The number of rotatable bonds is 5. The summed E-state index contributed by atoms with van der Waals surface area (Å²) in [6.45, 7) is 1.84. The SMILES string of the molecule is COc1ccc(OC)c(C(=O)[C@@H]2CC(=O)Nc3c2c(C)nn3-c2ccc(Br)cc2)c1. The molecule has 0 saturated heterocycles. The van der Waals surface area contributed by atoms with Crippen molar-refractivity contribution in [3.8, 4) is 17.2 Å². The largest absolute Gasteiger partial charge is 0.497 e. The molecule has 4 rings (SSSR count). The minimum absolute atomic E-state index is 0.0407. The Labute approximate surface area is 182 Å². The zero-order valence-electron chi connectivity index (χ0n) is 16.7. The van der Waals surface area contributed by atoms with E-state index in [0.29, 0.717) is 34.1 Å². The summed E-state index contributed by atoms with van der Waals surface area (Å²) >= 11 is 3.42. The number of Topliss-reactive ketones (excluding diaryl/α,β-unsaturated/α-hetero) is 1. The summed E-state index contributed by atoms with van der Waals surface area (Å²) in [6, 6.07) is 12.6. The van der Waals surface area contributed by atoms with E-state index in [0.717, 1.165) is 10.2 Å². The van der Waals surface area contributed by atoms with Crippen molar-refractivity contribution in [1.29, 1.82) is 0 Å². The lowest BCUT2D eigenvalue weighted by atomic mass is 9.85. The van der Waals surface area contributed by atoms with Gasteiger partial charge in [0.25, 0.3) is 0 Å². The van der Waals surface area contributed by atoms with Gasteiger partial charge in [-0.15, -0.1) is 0 Å². The number of carbonyl (C=O) groups is 2. The molecule has 1 atom stereocenters. The summed E-state index contributed by atoms with van der Waals surface area (Å²) in [4.78, 5) is 26.1. The highest BCUT2D eigenvalue weighted by molar-refractivity contribution is 9.10. The summed E-state index contributed by atoms with van der Waals surface area (Å²) in [6.07, 6.45) is 0.0407. The predicted molar refractivity (Wildman–Crippen MR) is 116 cm³/mol. The summed E-state index contributed by atoms with van der Waals surface area (Å²) in [5.41, 5.74) is 2.56. The van der Waals surface area contributed by atoms with Crippen molar-refractivity contribution in [2.75, 3.05) is 19.5 Å². The smallest absolute Gasteiger partial charge is 0.226 e. The van der Waals surface area contributed by atoms with Crippen LogP contribution >= 0.6 is 15.9 Å². The van der Waals surface area contributed by atoms with Gasteiger partial charge in [0.2, 0.25) is 5.91 Å². The number of benzene rings is 2. The Bertz CT molecular complexity index is 1140. The quantitative estimate of drug-likeness (QED) is 0.564. The molecule has 7 nitrogen and oxygen atoms in total. The van der Waals surface area contributed by atoms with Gasteiger partial charge in [-0.05, 0) is 49.4 Å². The van der Waals surface area contributed by atoms with E-state index < -0.39 is 5.92 Å². The highest BCUT2D eigenvalue weighted by Gasteiger charge is 2.37. The lowest BCUT2D eigenvalue weighted by Crippen LogP contribution is -2.28. The first-order chi connectivity index (χ1) is 14.4. The van der Waals surface area contributed by atoms with E-state index in [2.05, 4.69) is 26.3 Å². The zero-order valence-corrected chi connectivity index (χ0v) is 18.3. The number of fused-ring (bicyclic) bond motifs is 1. The van der Waals surface area contributed by atoms with Crippen LogP contribution < -0.4 is 14.8 Å². The van der Waals surface area contributed by atoms with Gasteiger partial charge in [0.05, 0.1) is 37.1 Å². The lowest BCUT2D eigenvalue weighted by molar-refractivity contribution is -0.116. The van der Waals surface area contributed by atoms with Crippen LogP contribution in [-0.4, -0.2) is 35.7 Å². The van der Waals surface area contributed by atoms with E-state index in [-0.39, 0.29) is 18.1 Å². The Morgan fingerprint density at radius 1 is 1.17 bits per heavy atom. The summed E-state index contributed by atoms with van der Waals surface area (Å²) in [5.74, 6) is 0.389. The monoisotopic (exact) mass is 469 g/mol. The average Bonchev–Trinajstić information content (AvgIpc) is 3.08. The maximum Gasteiger partial charge on any atom is 0.226 e.